The first-order valence-electron chi connectivity index (χ1n) is 5.33. The van der Waals surface area contributed by atoms with Crippen LogP contribution in [0, 0.1) is 6.92 Å². The molecular weight excluding hydrogens is 218 g/mol. The summed E-state index contributed by atoms with van der Waals surface area (Å²) in [6.45, 7) is 4.62. The highest BCUT2D eigenvalue weighted by atomic mass is 16.2. The second-order valence-corrected chi connectivity index (χ2v) is 3.51. The monoisotopic (exact) mass is 231 g/mol. The molecule has 2 rings (SSSR count). The molecule has 1 N–H and O–H groups in total. The van der Waals surface area contributed by atoms with Crippen molar-refractivity contribution in [1.29, 1.82) is 0 Å². The van der Waals surface area contributed by atoms with E-state index >= 15 is 0 Å². The molecule has 6 heteroatoms. The van der Waals surface area contributed by atoms with Gasteiger partial charge < -0.3 is 0 Å². The van der Waals surface area contributed by atoms with Gasteiger partial charge in [0.1, 0.15) is 0 Å². The quantitative estimate of drug-likeness (QED) is 0.862. The average molecular weight is 231 g/mol. The summed E-state index contributed by atoms with van der Waals surface area (Å²) in [6, 6.07) is 3.42. The van der Waals surface area contributed by atoms with E-state index in [0.717, 1.165) is 12.2 Å². The smallest absolute Gasteiger partial charge is 0.278 e. The summed E-state index contributed by atoms with van der Waals surface area (Å²) in [4.78, 5) is 19.7. The number of hydrogen-bond acceptors (Lipinski definition) is 4. The number of carbonyl (C=O) groups is 1. The third kappa shape index (κ3) is 2.47. The summed E-state index contributed by atoms with van der Waals surface area (Å²) in [5.41, 5.74) is 1.32. The third-order valence-electron chi connectivity index (χ3n) is 2.30. The van der Waals surface area contributed by atoms with Crippen LogP contribution >= 0.6 is 0 Å². The Hall–Kier alpha value is -2.24. The molecule has 0 atom stereocenters. The lowest BCUT2D eigenvalue weighted by Gasteiger charge is -1.99. The summed E-state index contributed by atoms with van der Waals surface area (Å²) in [7, 11) is 0. The third-order valence-corrected chi connectivity index (χ3v) is 2.30. The molecule has 0 spiro atoms. The molecule has 17 heavy (non-hydrogen) atoms. The Kier molecular flexibility index (Phi) is 3.13. The molecule has 0 saturated heterocycles. The molecule has 1 amide bonds. The summed E-state index contributed by atoms with van der Waals surface area (Å²) >= 11 is 0. The van der Waals surface area contributed by atoms with Crippen LogP contribution < -0.4 is 5.32 Å². The summed E-state index contributed by atoms with van der Waals surface area (Å²) < 4.78 is 1.76. The van der Waals surface area contributed by atoms with E-state index in [4.69, 9.17) is 0 Å². The molecule has 0 aromatic carbocycles. The van der Waals surface area contributed by atoms with Gasteiger partial charge in [-0.1, -0.05) is 0 Å². The Bertz CT molecular complexity index is 520. The minimum Gasteiger partial charge on any atom is -0.289 e. The van der Waals surface area contributed by atoms with Crippen LogP contribution in [0.4, 0.5) is 5.95 Å². The maximum absolute atomic E-state index is 11.8. The highest BCUT2D eigenvalue weighted by molar-refractivity contribution is 6.01. The van der Waals surface area contributed by atoms with Crippen molar-refractivity contribution >= 4 is 11.9 Å². The Labute approximate surface area is 98.7 Å². The molecule has 0 aliphatic carbocycles. The first-order valence-corrected chi connectivity index (χ1v) is 5.33. The fourth-order valence-electron chi connectivity index (χ4n) is 1.47. The molecule has 2 aromatic rings. The molecule has 0 bridgehead atoms. The van der Waals surface area contributed by atoms with Gasteiger partial charge in [-0.05, 0) is 26.0 Å². The SMILES string of the molecule is CCn1nc(C(=O)Nc2ncccn2)cc1C. The number of nitrogens with one attached hydrogen (secondary N) is 1. The standard InChI is InChI=1S/C11H13N5O/c1-3-16-8(2)7-9(15-16)10(17)14-11-12-5-4-6-13-11/h4-7H,3H2,1-2H3,(H,12,13,14,17). The van der Waals surface area contributed by atoms with Crippen molar-refractivity contribution in [3.63, 3.8) is 0 Å². The molecule has 0 saturated carbocycles. The zero-order valence-electron chi connectivity index (χ0n) is 9.71. The van der Waals surface area contributed by atoms with Crippen LogP contribution in [-0.2, 0) is 6.54 Å². The molecule has 0 radical (unpaired) electrons. The number of aryl methyl sites for hydroxylation is 2. The Balaban J connectivity index is 2.15. The molecule has 6 nitrogen and oxygen atoms in total. The van der Waals surface area contributed by atoms with Crippen LogP contribution in [0.1, 0.15) is 23.1 Å². The van der Waals surface area contributed by atoms with Crippen molar-refractivity contribution in [2.75, 3.05) is 5.32 Å². The second-order valence-electron chi connectivity index (χ2n) is 3.51. The number of aromatic nitrogens is 4. The van der Waals surface area contributed by atoms with E-state index in [1.165, 1.54) is 0 Å². The van der Waals surface area contributed by atoms with Crippen LogP contribution in [0.2, 0.25) is 0 Å². The average Bonchev–Trinajstić information content (AvgIpc) is 2.72. The summed E-state index contributed by atoms with van der Waals surface area (Å²) in [5, 5.41) is 6.76. The maximum atomic E-state index is 11.8. The van der Waals surface area contributed by atoms with Gasteiger partial charge in [0.25, 0.3) is 5.91 Å². The molecular formula is C11H13N5O. The van der Waals surface area contributed by atoms with Gasteiger partial charge in [0, 0.05) is 24.6 Å². The van der Waals surface area contributed by atoms with Crippen molar-refractivity contribution in [3.8, 4) is 0 Å². The van der Waals surface area contributed by atoms with Gasteiger partial charge in [-0.25, -0.2) is 9.97 Å². The van der Waals surface area contributed by atoms with Crippen LogP contribution in [0.5, 0.6) is 0 Å². The molecule has 0 fully saturated rings. The van der Waals surface area contributed by atoms with Crippen LogP contribution in [0.3, 0.4) is 0 Å². The number of nitrogens with zero attached hydrogens (tertiary/aromatic N) is 4. The van der Waals surface area contributed by atoms with Crippen LogP contribution in [0.25, 0.3) is 0 Å². The van der Waals surface area contributed by atoms with Crippen LogP contribution in [-0.4, -0.2) is 25.7 Å². The van der Waals surface area contributed by atoms with Gasteiger partial charge in [0.2, 0.25) is 5.95 Å². The molecule has 0 aliphatic rings. The highest BCUT2D eigenvalue weighted by Gasteiger charge is 2.12. The number of rotatable bonds is 3. The van der Waals surface area contributed by atoms with Crippen molar-refractivity contribution < 1.29 is 4.79 Å². The van der Waals surface area contributed by atoms with E-state index in [1.807, 2.05) is 13.8 Å². The van der Waals surface area contributed by atoms with E-state index < -0.39 is 0 Å². The van der Waals surface area contributed by atoms with E-state index in [0.29, 0.717) is 5.69 Å². The topological polar surface area (TPSA) is 72.7 Å². The first-order chi connectivity index (χ1) is 8.20. The Morgan fingerprint density at radius 1 is 1.41 bits per heavy atom. The zero-order chi connectivity index (χ0) is 12.3. The van der Waals surface area contributed by atoms with Gasteiger partial charge in [0.05, 0.1) is 0 Å². The van der Waals surface area contributed by atoms with Gasteiger partial charge in [0.15, 0.2) is 5.69 Å². The lowest BCUT2D eigenvalue weighted by Crippen LogP contribution is -2.15. The van der Waals surface area contributed by atoms with E-state index in [2.05, 4.69) is 20.4 Å². The number of hydrogen-bond donors (Lipinski definition) is 1. The largest absolute Gasteiger partial charge is 0.289 e. The molecule has 0 unspecified atom stereocenters. The maximum Gasteiger partial charge on any atom is 0.278 e. The minimum atomic E-state index is -0.300. The lowest BCUT2D eigenvalue weighted by molar-refractivity contribution is 0.102. The van der Waals surface area contributed by atoms with Crippen molar-refractivity contribution in [1.82, 2.24) is 19.7 Å². The number of carbonyl (C=O) groups excluding carboxylic acids is 1. The van der Waals surface area contributed by atoms with Gasteiger partial charge >= 0.3 is 0 Å². The molecule has 0 aliphatic heterocycles. The highest BCUT2D eigenvalue weighted by Crippen LogP contribution is 2.05. The zero-order valence-corrected chi connectivity index (χ0v) is 9.71. The molecule has 88 valence electrons. The fourth-order valence-corrected chi connectivity index (χ4v) is 1.47. The predicted molar refractivity (Wildman–Crippen MR) is 62.6 cm³/mol. The Morgan fingerprint density at radius 3 is 2.71 bits per heavy atom. The Morgan fingerprint density at radius 2 is 2.12 bits per heavy atom. The normalized spacial score (nSPS) is 10.2. The second kappa shape index (κ2) is 4.73. The van der Waals surface area contributed by atoms with Crippen molar-refractivity contribution in [2.45, 2.75) is 20.4 Å². The number of amides is 1. The van der Waals surface area contributed by atoms with Gasteiger partial charge in [-0.15, -0.1) is 0 Å². The molecule has 2 heterocycles. The lowest BCUT2D eigenvalue weighted by atomic mass is 10.3. The van der Waals surface area contributed by atoms with Gasteiger partial charge in [-0.2, -0.15) is 5.10 Å². The summed E-state index contributed by atoms with van der Waals surface area (Å²) in [5.74, 6) is -0.0206. The van der Waals surface area contributed by atoms with Gasteiger partial charge in [-0.3, -0.25) is 14.8 Å². The predicted octanol–water partition coefficient (Wildman–Crippen LogP) is 1.25. The minimum absolute atomic E-state index is 0.279. The van der Waals surface area contributed by atoms with Crippen molar-refractivity contribution in [2.24, 2.45) is 0 Å². The fraction of sp³-hybridized carbons (Fsp3) is 0.273. The first kappa shape index (κ1) is 11.3. The summed E-state index contributed by atoms with van der Waals surface area (Å²) in [6.07, 6.45) is 3.14. The van der Waals surface area contributed by atoms with E-state index in [1.54, 1.807) is 29.2 Å². The van der Waals surface area contributed by atoms with E-state index in [-0.39, 0.29) is 11.9 Å². The molecule has 2 aromatic heterocycles. The van der Waals surface area contributed by atoms with Crippen LogP contribution in [0.15, 0.2) is 24.5 Å². The number of anilines is 1. The van der Waals surface area contributed by atoms with E-state index in [9.17, 15) is 4.79 Å². The van der Waals surface area contributed by atoms with Crippen molar-refractivity contribution in [3.05, 3.63) is 35.9 Å².